The predicted molar refractivity (Wildman–Crippen MR) is 70.2 cm³/mol. The van der Waals surface area contributed by atoms with Crippen LogP contribution in [0.25, 0.3) is 0 Å². The van der Waals surface area contributed by atoms with Crippen molar-refractivity contribution in [3.05, 3.63) is 28.8 Å². The van der Waals surface area contributed by atoms with Crippen molar-refractivity contribution >= 4 is 29.1 Å². The Morgan fingerprint density at radius 1 is 1.40 bits per heavy atom. The summed E-state index contributed by atoms with van der Waals surface area (Å²) in [6.07, 6.45) is 2.47. The third-order valence-corrected chi connectivity index (χ3v) is 2.43. The smallest absolute Gasteiger partial charge is 0.0771 e. The molecule has 0 fully saturated rings. The topological polar surface area (TPSA) is 38.4 Å². The molecule has 0 saturated heterocycles. The maximum Gasteiger partial charge on any atom is 0.0771 e. The number of thiocarbonyl (C=S) groups is 1. The van der Waals surface area contributed by atoms with E-state index in [-0.39, 0.29) is 0 Å². The summed E-state index contributed by atoms with van der Waals surface area (Å²) < 4.78 is 0. The quantitative estimate of drug-likeness (QED) is 0.628. The maximum absolute atomic E-state index is 5.54. The van der Waals surface area contributed by atoms with Gasteiger partial charge in [-0.2, -0.15) is 0 Å². The van der Waals surface area contributed by atoms with E-state index in [9.17, 15) is 0 Å². The van der Waals surface area contributed by atoms with Gasteiger partial charge in [0, 0.05) is 12.6 Å². The molecule has 3 heteroatoms. The van der Waals surface area contributed by atoms with Crippen molar-refractivity contribution in [2.75, 3.05) is 0 Å². The summed E-state index contributed by atoms with van der Waals surface area (Å²) in [5, 5.41) is 0. The van der Waals surface area contributed by atoms with E-state index in [1.807, 2.05) is 13.8 Å². The van der Waals surface area contributed by atoms with Gasteiger partial charge in [-0.3, -0.25) is 4.99 Å². The average molecular weight is 220 g/mol. The van der Waals surface area contributed by atoms with Gasteiger partial charge in [-0.15, -0.1) is 0 Å². The van der Waals surface area contributed by atoms with Crippen LogP contribution in [-0.4, -0.2) is 11.2 Å². The molecule has 0 saturated carbocycles. The zero-order valence-corrected chi connectivity index (χ0v) is 10.2. The number of aryl methyl sites for hydroxylation is 2. The van der Waals surface area contributed by atoms with Crippen molar-refractivity contribution < 1.29 is 0 Å². The van der Waals surface area contributed by atoms with Crippen LogP contribution in [0.1, 0.15) is 23.6 Å². The Balaban J connectivity index is 3.13. The molecule has 0 heterocycles. The fraction of sp³-hybridized carbons (Fsp3) is 0.333. The van der Waals surface area contributed by atoms with E-state index in [1.165, 1.54) is 11.1 Å². The Morgan fingerprint density at radius 3 is 2.60 bits per heavy atom. The van der Waals surface area contributed by atoms with Crippen LogP contribution in [0.3, 0.4) is 0 Å². The summed E-state index contributed by atoms with van der Waals surface area (Å²) in [6.45, 7) is 6.02. The Hall–Kier alpha value is -1.22. The lowest BCUT2D eigenvalue weighted by Crippen LogP contribution is -2.12. The van der Waals surface area contributed by atoms with E-state index >= 15 is 0 Å². The monoisotopic (exact) mass is 220 g/mol. The minimum Gasteiger partial charge on any atom is -0.393 e. The third kappa shape index (κ3) is 3.13. The molecule has 15 heavy (non-hydrogen) atoms. The molecule has 0 bridgehead atoms. The van der Waals surface area contributed by atoms with E-state index in [0.29, 0.717) is 11.4 Å². The molecule has 0 amide bonds. The fourth-order valence-corrected chi connectivity index (χ4v) is 1.67. The van der Waals surface area contributed by atoms with E-state index in [1.54, 1.807) is 6.21 Å². The van der Waals surface area contributed by atoms with Crippen LogP contribution in [0.4, 0.5) is 5.69 Å². The molecule has 1 aromatic rings. The van der Waals surface area contributed by atoms with E-state index < -0.39 is 0 Å². The van der Waals surface area contributed by atoms with Crippen LogP contribution in [0, 0.1) is 13.8 Å². The van der Waals surface area contributed by atoms with Gasteiger partial charge in [0.1, 0.15) is 0 Å². The number of hydrogen-bond acceptors (Lipinski definition) is 2. The molecule has 0 aliphatic carbocycles. The summed E-state index contributed by atoms with van der Waals surface area (Å²) in [4.78, 5) is 4.83. The van der Waals surface area contributed by atoms with Crippen molar-refractivity contribution in [1.82, 2.24) is 0 Å². The number of hydrogen-bond donors (Lipinski definition) is 1. The van der Waals surface area contributed by atoms with Crippen molar-refractivity contribution in [2.24, 2.45) is 10.7 Å². The summed E-state index contributed by atoms with van der Waals surface area (Å²) in [7, 11) is 0. The summed E-state index contributed by atoms with van der Waals surface area (Å²) in [6, 6.07) is 4.18. The normalized spacial score (nSPS) is 10.9. The Morgan fingerprint density at radius 2 is 2.07 bits per heavy atom. The number of nitrogens with zero attached hydrogens (tertiary/aromatic N) is 1. The molecule has 0 aromatic heterocycles. The molecular formula is C12H16N2S. The van der Waals surface area contributed by atoms with Gasteiger partial charge in [-0.25, -0.2) is 0 Å². The maximum atomic E-state index is 5.54. The molecule has 0 radical (unpaired) electrons. The number of aliphatic imine (C=N–C) groups is 1. The lowest BCUT2D eigenvalue weighted by Gasteiger charge is -2.08. The second kappa shape index (κ2) is 5.03. The highest BCUT2D eigenvalue weighted by Crippen LogP contribution is 2.23. The minimum absolute atomic E-state index is 0.532. The van der Waals surface area contributed by atoms with Gasteiger partial charge in [0.15, 0.2) is 0 Å². The van der Waals surface area contributed by atoms with Crippen LogP contribution >= 0.6 is 12.2 Å². The summed E-state index contributed by atoms with van der Waals surface area (Å²) >= 11 is 4.91. The zero-order chi connectivity index (χ0) is 11.4. The standard InChI is InChI=1S/C12H16N2S/c1-4-14-11-6-8(2)10(5-9(11)3)7-12(13)15/h4-6H,7H2,1-3H3,(H2,13,15). The minimum atomic E-state index is 0.532. The van der Waals surface area contributed by atoms with Gasteiger partial charge >= 0.3 is 0 Å². The largest absolute Gasteiger partial charge is 0.393 e. The second-order valence-corrected chi connectivity index (χ2v) is 4.12. The molecule has 0 aliphatic rings. The highest BCUT2D eigenvalue weighted by Gasteiger charge is 2.04. The fourth-order valence-electron chi connectivity index (χ4n) is 1.52. The molecule has 2 N–H and O–H groups in total. The van der Waals surface area contributed by atoms with Crippen molar-refractivity contribution in [3.63, 3.8) is 0 Å². The first-order valence-electron chi connectivity index (χ1n) is 4.91. The molecular weight excluding hydrogens is 204 g/mol. The molecule has 1 aromatic carbocycles. The highest BCUT2D eigenvalue weighted by atomic mass is 32.1. The molecule has 0 spiro atoms. The van der Waals surface area contributed by atoms with E-state index in [4.69, 9.17) is 18.0 Å². The Bertz CT molecular complexity index is 408. The number of nitrogens with two attached hydrogens (primary N) is 1. The molecule has 0 atom stereocenters. The Kier molecular flexibility index (Phi) is 3.97. The first-order chi connectivity index (χ1) is 7.04. The van der Waals surface area contributed by atoms with Crippen LogP contribution in [0.2, 0.25) is 0 Å². The van der Waals surface area contributed by atoms with Crippen LogP contribution in [0.15, 0.2) is 17.1 Å². The van der Waals surface area contributed by atoms with Crippen molar-refractivity contribution in [1.29, 1.82) is 0 Å². The first-order valence-corrected chi connectivity index (χ1v) is 5.32. The van der Waals surface area contributed by atoms with E-state index in [2.05, 4.69) is 24.0 Å². The Labute approximate surface area is 96.2 Å². The lowest BCUT2D eigenvalue weighted by atomic mass is 10.0. The van der Waals surface area contributed by atoms with Gasteiger partial charge in [0.2, 0.25) is 0 Å². The van der Waals surface area contributed by atoms with Crippen LogP contribution in [-0.2, 0) is 6.42 Å². The van der Waals surface area contributed by atoms with Crippen molar-refractivity contribution in [3.8, 4) is 0 Å². The predicted octanol–water partition coefficient (Wildman–Crippen LogP) is 2.85. The van der Waals surface area contributed by atoms with Crippen LogP contribution < -0.4 is 5.73 Å². The number of benzene rings is 1. The summed E-state index contributed by atoms with van der Waals surface area (Å²) in [5.74, 6) is 0. The van der Waals surface area contributed by atoms with E-state index in [0.717, 1.165) is 11.3 Å². The molecule has 0 unspecified atom stereocenters. The van der Waals surface area contributed by atoms with Gasteiger partial charge in [-0.05, 0) is 43.5 Å². The second-order valence-electron chi connectivity index (χ2n) is 3.60. The number of rotatable bonds is 3. The molecule has 2 nitrogen and oxygen atoms in total. The molecule has 0 aliphatic heterocycles. The SMILES string of the molecule is CC=Nc1cc(C)c(CC(N)=S)cc1C. The van der Waals surface area contributed by atoms with Gasteiger partial charge < -0.3 is 5.73 Å². The average Bonchev–Trinajstić information content (AvgIpc) is 2.13. The van der Waals surface area contributed by atoms with Gasteiger partial charge in [0.05, 0.1) is 10.7 Å². The van der Waals surface area contributed by atoms with Gasteiger partial charge in [-0.1, -0.05) is 18.3 Å². The highest BCUT2D eigenvalue weighted by molar-refractivity contribution is 7.80. The lowest BCUT2D eigenvalue weighted by molar-refractivity contribution is 1.22. The summed E-state index contributed by atoms with van der Waals surface area (Å²) in [5.41, 5.74) is 10.1. The third-order valence-electron chi connectivity index (χ3n) is 2.29. The zero-order valence-electron chi connectivity index (χ0n) is 9.37. The molecule has 80 valence electrons. The molecule has 1 rings (SSSR count). The van der Waals surface area contributed by atoms with Crippen molar-refractivity contribution in [2.45, 2.75) is 27.2 Å². The van der Waals surface area contributed by atoms with Gasteiger partial charge in [0.25, 0.3) is 0 Å². The first kappa shape index (κ1) is 11.9. The van der Waals surface area contributed by atoms with Crippen LogP contribution in [0.5, 0.6) is 0 Å².